The number of pyridine rings is 1. The molecule has 1 saturated heterocycles. The Morgan fingerprint density at radius 3 is 2.73 bits per heavy atom. The standard InChI is InChI=1S/C24H22Cl2N4O3/c25-18-5-8-27-22(21(18)26)15-6-9-29(10-7-15)12-14-1-2-17-16(11-14)13-30(24(17)33)19-3-4-20(31)28-23(19)32/h1-2,5-6,8,11,19H,3-4,7,9-10,12-13H2,(H,28,31,32). The molecule has 7 nitrogen and oxygen atoms in total. The third-order valence-electron chi connectivity index (χ3n) is 6.43. The zero-order chi connectivity index (χ0) is 23.1. The summed E-state index contributed by atoms with van der Waals surface area (Å²) in [6, 6.07) is 6.96. The Kier molecular flexibility index (Phi) is 5.95. The number of fused-ring (bicyclic) bond motifs is 1. The molecule has 5 rings (SSSR count). The second-order valence-electron chi connectivity index (χ2n) is 8.56. The van der Waals surface area contributed by atoms with Crippen molar-refractivity contribution in [3.8, 4) is 0 Å². The molecule has 2 aromatic rings. The Labute approximate surface area is 201 Å². The predicted molar refractivity (Wildman–Crippen MR) is 125 cm³/mol. The first-order valence-corrected chi connectivity index (χ1v) is 11.6. The van der Waals surface area contributed by atoms with E-state index in [4.69, 9.17) is 23.2 Å². The molecule has 0 spiro atoms. The lowest BCUT2D eigenvalue weighted by Crippen LogP contribution is -2.52. The van der Waals surface area contributed by atoms with Gasteiger partial charge in [-0.15, -0.1) is 0 Å². The molecule has 1 fully saturated rings. The molecular formula is C24H22Cl2N4O3. The number of halogens is 2. The van der Waals surface area contributed by atoms with Crippen LogP contribution >= 0.6 is 23.2 Å². The highest BCUT2D eigenvalue weighted by molar-refractivity contribution is 6.42. The van der Waals surface area contributed by atoms with E-state index in [1.54, 1.807) is 17.2 Å². The monoisotopic (exact) mass is 484 g/mol. The maximum Gasteiger partial charge on any atom is 0.255 e. The Bertz CT molecular complexity index is 1200. The second-order valence-corrected chi connectivity index (χ2v) is 9.35. The van der Waals surface area contributed by atoms with E-state index in [1.807, 2.05) is 18.2 Å². The van der Waals surface area contributed by atoms with Crippen molar-refractivity contribution in [3.63, 3.8) is 0 Å². The van der Waals surface area contributed by atoms with Crippen LogP contribution in [0, 0.1) is 0 Å². The topological polar surface area (TPSA) is 82.6 Å². The summed E-state index contributed by atoms with van der Waals surface area (Å²) in [5, 5.41) is 3.33. The predicted octanol–water partition coefficient (Wildman–Crippen LogP) is 3.44. The number of amides is 3. The lowest BCUT2D eigenvalue weighted by molar-refractivity contribution is -0.136. The van der Waals surface area contributed by atoms with Crippen molar-refractivity contribution < 1.29 is 14.4 Å². The van der Waals surface area contributed by atoms with Crippen LogP contribution in [-0.2, 0) is 22.7 Å². The Balaban J connectivity index is 1.26. The van der Waals surface area contributed by atoms with Crippen LogP contribution in [0.4, 0.5) is 0 Å². The van der Waals surface area contributed by atoms with Crippen molar-refractivity contribution in [1.82, 2.24) is 20.1 Å². The van der Waals surface area contributed by atoms with Gasteiger partial charge in [-0.2, -0.15) is 0 Å². The van der Waals surface area contributed by atoms with Crippen LogP contribution < -0.4 is 5.32 Å². The van der Waals surface area contributed by atoms with Gasteiger partial charge in [-0.25, -0.2) is 0 Å². The summed E-state index contributed by atoms with van der Waals surface area (Å²) in [7, 11) is 0. The number of piperidine rings is 1. The number of nitrogens with zero attached hydrogens (tertiary/aromatic N) is 3. The van der Waals surface area contributed by atoms with Gasteiger partial charge in [0.15, 0.2) is 0 Å². The number of nitrogens with one attached hydrogen (secondary N) is 1. The molecule has 0 saturated carbocycles. The molecule has 170 valence electrons. The van der Waals surface area contributed by atoms with E-state index in [0.29, 0.717) is 28.6 Å². The minimum Gasteiger partial charge on any atom is -0.322 e. The number of imide groups is 1. The van der Waals surface area contributed by atoms with Crippen molar-refractivity contribution in [1.29, 1.82) is 0 Å². The van der Waals surface area contributed by atoms with Gasteiger partial charge >= 0.3 is 0 Å². The van der Waals surface area contributed by atoms with Gasteiger partial charge in [0, 0.05) is 44.4 Å². The van der Waals surface area contributed by atoms with Crippen LogP contribution in [0.3, 0.4) is 0 Å². The summed E-state index contributed by atoms with van der Waals surface area (Å²) in [6.07, 6.45) is 5.24. The van der Waals surface area contributed by atoms with Crippen molar-refractivity contribution in [2.24, 2.45) is 0 Å². The molecule has 4 heterocycles. The number of rotatable bonds is 4. The van der Waals surface area contributed by atoms with Crippen molar-refractivity contribution in [2.75, 3.05) is 13.1 Å². The number of hydrogen-bond donors (Lipinski definition) is 1. The van der Waals surface area contributed by atoms with E-state index in [0.717, 1.165) is 48.4 Å². The first kappa shape index (κ1) is 22.1. The van der Waals surface area contributed by atoms with Gasteiger partial charge in [-0.05, 0) is 41.7 Å². The molecule has 1 atom stereocenters. The summed E-state index contributed by atoms with van der Waals surface area (Å²) >= 11 is 12.4. The van der Waals surface area contributed by atoms with E-state index in [-0.39, 0.29) is 18.2 Å². The molecule has 3 aliphatic heterocycles. The Morgan fingerprint density at radius 2 is 1.97 bits per heavy atom. The van der Waals surface area contributed by atoms with Crippen molar-refractivity contribution >= 4 is 46.5 Å². The number of benzene rings is 1. The van der Waals surface area contributed by atoms with Gasteiger partial charge < -0.3 is 4.90 Å². The largest absolute Gasteiger partial charge is 0.322 e. The zero-order valence-corrected chi connectivity index (χ0v) is 19.3. The third kappa shape index (κ3) is 4.28. The van der Waals surface area contributed by atoms with Gasteiger partial charge in [0.2, 0.25) is 11.8 Å². The normalized spacial score (nSPS) is 21.2. The molecule has 0 bridgehead atoms. The highest BCUT2D eigenvalue weighted by atomic mass is 35.5. The Morgan fingerprint density at radius 1 is 1.12 bits per heavy atom. The van der Waals surface area contributed by atoms with E-state index in [1.165, 1.54) is 0 Å². The molecule has 3 amide bonds. The lowest BCUT2D eigenvalue weighted by Gasteiger charge is -2.29. The van der Waals surface area contributed by atoms with Crippen molar-refractivity contribution in [3.05, 3.63) is 69.0 Å². The number of aromatic nitrogens is 1. The van der Waals surface area contributed by atoms with E-state index in [2.05, 4.69) is 21.3 Å². The smallest absolute Gasteiger partial charge is 0.255 e. The third-order valence-corrected chi connectivity index (χ3v) is 7.23. The molecule has 1 N–H and O–H groups in total. The molecule has 1 aromatic heterocycles. The second kappa shape index (κ2) is 8.89. The number of hydrogen-bond acceptors (Lipinski definition) is 5. The van der Waals surface area contributed by atoms with E-state index in [9.17, 15) is 14.4 Å². The molecular weight excluding hydrogens is 463 g/mol. The van der Waals surface area contributed by atoms with E-state index < -0.39 is 11.9 Å². The van der Waals surface area contributed by atoms with Gasteiger partial charge in [0.05, 0.1) is 15.7 Å². The van der Waals surface area contributed by atoms with Gasteiger partial charge in [0.1, 0.15) is 6.04 Å². The van der Waals surface area contributed by atoms with Crippen molar-refractivity contribution in [2.45, 2.75) is 38.4 Å². The fraction of sp³-hybridized carbons (Fsp3) is 0.333. The highest BCUT2D eigenvalue weighted by Crippen LogP contribution is 2.32. The summed E-state index contributed by atoms with van der Waals surface area (Å²) < 4.78 is 0. The summed E-state index contributed by atoms with van der Waals surface area (Å²) in [6.45, 7) is 2.75. The first-order chi connectivity index (χ1) is 15.9. The van der Waals surface area contributed by atoms with Crippen LogP contribution in [0.1, 0.15) is 46.4 Å². The van der Waals surface area contributed by atoms with Crippen LogP contribution in [0.2, 0.25) is 10.0 Å². The minimum absolute atomic E-state index is 0.150. The first-order valence-electron chi connectivity index (χ1n) is 10.9. The highest BCUT2D eigenvalue weighted by Gasteiger charge is 2.39. The fourth-order valence-corrected chi connectivity index (χ4v) is 5.08. The molecule has 1 aromatic carbocycles. The number of carbonyl (C=O) groups excluding carboxylic acids is 3. The molecule has 1 unspecified atom stereocenters. The number of carbonyl (C=O) groups is 3. The maximum atomic E-state index is 12.9. The summed E-state index contributed by atoms with van der Waals surface area (Å²) in [4.78, 5) is 44.8. The SMILES string of the molecule is O=C1CCC(N2Cc3cc(CN4CC=C(c5nccc(Cl)c5Cl)CC4)ccc3C2=O)C(=O)N1. The molecule has 3 aliphatic rings. The van der Waals surface area contributed by atoms with Gasteiger partial charge in [-0.3, -0.25) is 29.6 Å². The lowest BCUT2D eigenvalue weighted by atomic mass is 10.0. The minimum atomic E-state index is -0.594. The van der Waals surface area contributed by atoms with Gasteiger partial charge in [0.25, 0.3) is 5.91 Å². The quantitative estimate of drug-likeness (QED) is 0.672. The van der Waals surface area contributed by atoms with E-state index >= 15 is 0 Å². The fourth-order valence-electron chi connectivity index (χ4n) is 4.70. The maximum absolute atomic E-state index is 12.9. The average Bonchev–Trinajstić information content (AvgIpc) is 3.12. The van der Waals surface area contributed by atoms with Crippen LogP contribution in [-0.4, -0.2) is 51.6 Å². The van der Waals surface area contributed by atoms with Crippen LogP contribution in [0.25, 0.3) is 5.57 Å². The summed E-state index contributed by atoms with van der Waals surface area (Å²) in [5.74, 6) is -0.824. The van der Waals surface area contributed by atoms with Crippen LogP contribution in [0.5, 0.6) is 0 Å². The average molecular weight is 485 g/mol. The molecule has 33 heavy (non-hydrogen) atoms. The van der Waals surface area contributed by atoms with Gasteiger partial charge in [-0.1, -0.05) is 41.4 Å². The Hall–Kier alpha value is -2.74. The molecule has 0 aliphatic carbocycles. The molecule has 0 radical (unpaired) electrons. The summed E-state index contributed by atoms with van der Waals surface area (Å²) in [5.41, 5.74) is 4.50. The molecule has 9 heteroatoms. The zero-order valence-electron chi connectivity index (χ0n) is 17.8. The van der Waals surface area contributed by atoms with Crippen LogP contribution in [0.15, 0.2) is 36.5 Å².